The minimum Gasteiger partial charge on any atom is -0.497 e. The van der Waals surface area contributed by atoms with E-state index in [4.69, 9.17) is 4.74 Å². The van der Waals surface area contributed by atoms with Crippen LogP contribution in [0.2, 0.25) is 0 Å². The van der Waals surface area contributed by atoms with Gasteiger partial charge in [-0.3, -0.25) is 4.79 Å². The Morgan fingerprint density at radius 3 is 2.34 bits per heavy atom. The molecule has 0 aliphatic carbocycles. The molecule has 2 saturated heterocycles. The number of nitrogens with zero attached hydrogens (tertiary/aromatic N) is 2. The highest BCUT2D eigenvalue weighted by Gasteiger charge is 2.37. The molecule has 2 aromatic rings. The molecule has 2 aliphatic rings. The molecule has 2 aromatic carbocycles. The third-order valence-corrected chi connectivity index (χ3v) is 6.66. The molecule has 2 unspecified atom stereocenters. The SMILES string of the molecule is COc1ccc(C2CN(C(=O)c3ccccc3)CC2CN2CCC(C)CC2)cc1. The molecule has 2 aliphatic heterocycles. The molecule has 0 saturated carbocycles. The quantitative estimate of drug-likeness (QED) is 0.761. The van der Waals surface area contributed by atoms with Crippen molar-refractivity contribution in [1.29, 1.82) is 0 Å². The second-order valence-corrected chi connectivity index (χ2v) is 8.70. The normalized spacial score (nSPS) is 23.3. The number of likely N-dealkylation sites (tertiary alicyclic amines) is 2. The molecule has 0 bridgehead atoms. The molecular weight excluding hydrogens is 360 g/mol. The highest BCUT2D eigenvalue weighted by atomic mass is 16.5. The molecule has 2 atom stereocenters. The first-order chi connectivity index (χ1) is 14.1. The van der Waals surface area contributed by atoms with Crippen molar-refractivity contribution in [3.8, 4) is 5.75 Å². The Hall–Kier alpha value is -2.33. The van der Waals surface area contributed by atoms with Crippen LogP contribution in [0.4, 0.5) is 0 Å². The fourth-order valence-electron chi connectivity index (χ4n) is 4.79. The van der Waals surface area contributed by atoms with Crippen molar-refractivity contribution in [2.75, 3.05) is 39.8 Å². The van der Waals surface area contributed by atoms with Gasteiger partial charge in [0.1, 0.15) is 5.75 Å². The zero-order valence-electron chi connectivity index (χ0n) is 17.6. The van der Waals surface area contributed by atoms with Gasteiger partial charge in [0.2, 0.25) is 0 Å². The predicted octanol–water partition coefficient (Wildman–Crippen LogP) is 4.28. The van der Waals surface area contributed by atoms with Crippen LogP contribution in [0.15, 0.2) is 54.6 Å². The van der Waals surface area contributed by atoms with Crippen LogP contribution in [-0.2, 0) is 0 Å². The van der Waals surface area contributed by atoms with Gasteiger partial charge in [0, 0.05) is 31.1 Å². The zero-order chi connectivity index (χ0) is 20.2. The lowest BCUT2D eigenvalue weighted by atomic mass is 9.87. The van der Waals surface area contributed by atoms with Gasteiger partial charge in [-0.05, 0) is 67.6 Å². The van der Waals surface area contributed by atoms with E-state index in [0.29, 0.717) is 11.8 Å². The lowest BCUT2D eigenvalue weighted by Gasteiger charge is -2.33. The fourth-order valence-corrected chi connectivity index (χ4v) is 4.79. The molecule has 4 heteroatoms. The van der Waals surface area contributed by atoms with Gasteiger partial charge in [-0.15, -0.1) is 0 Å². The zero-order valence-corrected chi connectivity index (χ0v) is 17.6. The summed E-state index contributed by atoms with van der Waals surface area (Å²) < 4.78 is 5.33. The molecule has 2 heterocycles. The minimum atomic E-state index is 0.152. The molecule has 1 amide bonds. The highest BCUT2D eigenvalue weighted by molar-refractivity contribution is 5.94. The van der Waals surface area contributed by atoms with Gasteiger partial charge in [0.15, 0.2) is 0 Å². The fraction of sp³-hybridized carbons (Fsp3) is 0.480. The number of benzene rings is 2. The number of hydrogen-bond acceptors (Lipinski definition) is 3. The summed E-state index contributed by atoms with van der Waals surface area (Å²) >= 11 is 0. The highest BCUT2D eigenvalue weighted by Crippen LogP contribution is 2.35. The van der Waals surface area contributed by atoms with Gasteiger partial charge in [-0.1, -0.05) is 37.3 Å². The Morgan fingerprint density at radius 1 is 1.00 bits per heavy atom. The van der Waals surface area contributed by atoms with E-state index in [1.165, 1.54) is 31.5 Å². The monoisotopic (exact) mass is 392 g/mol. The topological polar surface area (TPSA) is 32.8 Å². The molecule has 4 nitrogen and oxygen atoms in total. The van der Waals surface area contributed by atoms with E-state index in [-0.39, 0.29) is 5.91 Å². The van der Waals surface area contributed by atoms with Crippen LogP contribution >= 0.6 is 0 Å². The van der Waals surface area contributed by atoms with E-state index >= 15 is 0 Å². The first-order valence-corrected chi connectivity index (χ1v) is 10.8. The molecule has 0 radical (unpaired) electrons. The Kier molecular flexibility index (Phi) is 6.19. The maximum Gasteiger partial charge on any atom is 0.253 e. The van der Waals surface area contributed by atoms with Gasteiger partial charge in [-0.2, -0.15) is 0 Å². The third-order valence-electron chi connectivity index (χ3n) is 6.66. The summed E-state index contributed by atoms with van der Waals surface area (Å²) in [4.78, 5) is 17.8. The maximum atomic E-state index is 13.1. The van der Waals surface area contributed by atoms with Crippen LogP contribution < -0.4 is 4.74 Å². The van der Waals surface area contributed by atoms with Crippen LogP contribution in [0, 0.1) is 11.8 Å². The van der Waals surface area contributed by atoms with Crippen molar-refractivity contribution in [2.45, 2.75) is 25.7 Å². The van der Waals surface area contributed by atoms with Crippen molar-refractivity contribution in [1.82, 2.24) is 9.80 Å². The average molecular weight is 393 g/mol. The average Bonchev–Trinajstić information content (AvgIpc) is 3.19. The molecule has 154 valence electrons. The molecule has 0 spiro atoms. The summed E-state index contributed by atoms with van der Waals surface area (Å²) in [6, 6.07) is 18.1. The van der Waals surface area contributed by atoms with E-state index in [1.807, 2.05) is 42.5 Å². The first-order valence-electron chi connectivity index (χ1n) is 10.8. The molecule has 29 heavy (non-hydrogen) atoms. The summed E-state index contributed by atoms with van der Waals surface area (Å²) in [6.45, 7) is 7.40. The van der Waals surface area contributed by atoms with Gasteiger partial charge >= 0.3 is 0 Å². The van der Waals surface area contributed by atoms with Crippen molar-refractivity contribution in [3.05, 3.63) is 65.7 Å². The molecule has 0 aromatic heterocycles. The van der Waals surface area contributed by atoms with Crippen molar-refractivity contribution in [2.24, 2.45) is 11.8 Å². The van der Waals surface area contributed by atoms with E-state index in [1.54, 1.807) is 7.11 Å². The number of rotatable bonds is 5. The lowest BCUT2D eigenvalue weighted by molar-refractivity contribution is 0.0781. The Morgan fingerprint density at radius 2 is 1.69 bits per heavy atom. The van der Waals surface area contributed by atoms with Gasteiger partial charge in [0.05, 0.1) is 7.11 Å². The smallest absolute Gasteiger partial charge is 0.253 e. The number of methoxy groups -OCH3 is 1. The van der Waals surface area contributed by atoms with Crippen LogP contribution in [0.5, 0.6) is 5.75 Å². The van der Waals surface area contributed by atoms with Crippen LogP contribution in [0.1, 0.15) is 41.6 Å². The second kappa shape index (κ2) is 9.00. The molecule has 2 fully saturated rings. The van der Waals surface area contributed by atoms with Gasteiger partial charge < -0.3 is 14.5 Å². The van der Waals surface area contributed by atoms with E-state index in [2.05, 4.69) is 28.9 Å². The standard InChI is InChI=1S/C25H32N2O2/c1-19-12-14-26(15-13-19)16-22-17-27(25(28)21-6-4-3-5-7-21)18-24(22)20-8-10-23(29-2)11-9-20/h3-11,19,22,24H,12-18H2,1-2H3. The third kappa shape index (κ3) is 4.64. The largest absolute Gasteiger partial charge is 0.497 e. The van der Waals surface area contributed by atoms with Crippen molar-refractivity contribution >= 4 is 5.91 Å². The van der Waals surface area contributed by atoms with Crippen LogP contribution in [0.25, 0.3) is 0 Å². The van der Waals surface area contributed by atoms with E-state index in [9.17, 15) is 4.79 Å². The first kappa shape index (κ1) is 20.0. The van der Waals surface area contributed by atoms with Gasteiger partial charge in [0.25, 0.3) is 5.91 Å². The Bertz CT molecular complexity index is 797. The predicted molar refractivity (Wildman–Crippen MR) is 116 cm³/mol. The van der Waals surface area contributed by atoms with Crippen LogP contribution in [-0.4, -0.2) is 55.5 Å². The summed E-state index contributed by atoms with van der Waals surface area (Å²) in [6.07, 6.45) is 2.57. The Balaban J connectivity index is 1.52. The maximum absolute atomic E-state index is 13.1. The minimum absolute atomic E-state index is 0.152. The molecular formula is C25H32N2O2. The number of hydrogen-bond donors (Lipinski definition) is 0. The summed E-state index contributed by atoms with van der Waals surface area (Å²) in [7, 11) is 1.70. The number of amides is 1. The second-order valence-electron chi connectivity index (χ2n) is 8.70. The summed E-state index contributed by atoms with van der Waals surface area (Å²) in [5.41, 5.74) is 2.10. The van der Waals surface area contributed by atoms with Crippen LogP contribution in [0.3, 0.4) is 0 Å². The summed E-state index contributed by atoms with van der Waals surface area (Å²) in [5.74, 6) is 2.70. The number of carbonyl (C=O) groups is 1. The Labute approximate surface area is 174 Å². The van der Waals surface area contributed by atoms with Crippen molar-refractivity contribution in [3.63, 3.8) is 0 Å². The van der Waals surface area contributed by atoms with E-state index < -0.39 is 0 Å². The number of piperidine rings is 1. The van der Waals surface area contributed by atoms with Crippen molar-refractivity contribution < 1.29 is 9.53 Å². The van der Waals surface area contributed by atoms with Gasteiger partial charge in [-0.25, -0.2) is 0 Å². The summed E-state index contributed by atoms with van der Waals surface area (Å²) in [5, 5.41) is 0. The van der Waals surface area contributed by atoms with E-state index in [0.717, 1.165) is 36.9 Å². The molecule has 4 rings (SSSR count). The lowest BCUT2D eigenvalue weighted by Crippen LogP contribution is -2.38. The number of ether oxygens (including phenoxy) is 1. The molecule has 0 N–H and O–H groups in total. The number of carbonyl (C=O) groups excluding carboxylic acids is 1.